The van der Waals surface area contributed by atoms with Gasteiger partial charge in [-0.05, 0) is 63.4 Å². The number of carbonyl (C=O) groups excluding carboxylic acids is 2. The smallest absolute Gasteiger partial charge is 0.339 e. The maximum Gasteiger partial charge on any atom is 0.408 e. The normalized spacial score (nSPS) is 16.7. The zero-order chi connectivity index (χ0) is 27.0. The average Bonchev–Trinajstić information content (AvgIpc) is 3.71. The summed E-state index contributed by atoms with van der Waals surface area (Å²) in [6.45, 7) is 2.72. The molecule has 3 heterocycles. The molecule has 0 spiro atoms. The molecule has 1 atom stereocenters. The van der Waals surface area contributed by atoms with Crippen molar-refractivity contribution in [2.24, 2.45) is 17.8 Å². The second kappa shape index (κ2) is 10.2. The van der Waals surface area contributed by atoms with Crippen molar-refractivity contribution in [1.82, 2.24) is 39.9 Å². The van der Waals surface area contributed by atoms with Gasteiger partial charge in [-0.25, -0.2) is 4.68 Å². The lowest BCUT2D eigenvalue weighted by Gasteiger charge is -2.27. The molecule has 0 radical (unpaired) electrons. The first-order valence-electron chi connectivity index (χ1n) is 12.7. The van der Waals surface area contributed by atoms with Crippen LogP contribution in [0.25, 0.3) is 0 Å². The number of rotatable bonds is 11. The molecule has 0 saturated heterocycles. The van der Waals surface area contributed by atoms with Crippen molar-refractivity contribution in [3.8, 4) is 0 Å². The molecule has 3 aromatic rings. The molecule has 0 aliphatic heterocycles. The van der Waals surface area contributed by atoms with Gasteiger partial charge in [-0.3, -0.25) is 19.0 Å². The fourth-order valence-electron chi connectivity index (χ4n) is 4.92. The summed E-state index contributed by atoms with van der Waals surface area (Å²) in [5.41, 5.74) is 1.11. The van der Waals surface area contributed by atoms with Crippen LogP contribution in [0.2, 0.25) is 0 Å². The van der Waals surface area contributed by atoms with Crippen LogP contribution in [0.4, 0.5) is 18.9 Å². The Hall–Kier alpha value is -3.71. The van der Waals surface area contributed by atoms with Crippen LogP contribution in [-0.4, -0.2) is 58.6 Å². The molecule has 14 heteroatoms. The zero-order valence-electron chi connectivity index (χ0n) is 21.1. The van der Waals surface area contributed by atoms with Crippen molar-refractivity contribution in [1.29, 1.82) is 0 Å². The molecule has 0 aromatic carbocycles. The molecule has 2 aliphatic carbocycles. The maximum absolute atomic E-state index is 13.5. The van der Waals surface area contributed by atoms with E-state index in [-0.39, 0.29) is 30.3 Å². The van der Waals surface area contributed by atoms with Crippen LogP contribution >= 0.6 is 0 Å². The Morgan fingerprint density at radius 1 is 1.08 bits per heavy atom. The van der Waals surface area contributed by atoms with E-state index >= 15 is 0 Å². The molecule has 0 bridgehead atoms. The molecule has 2 saturated carbocycles. The second-order valence-corrected chi connectivity index (χ2v) is 10.4. The van der Waals surface area contributed by atoms with Gasteiger partial charge in [0, 0.05) is 18.4 Å². The predicted octanol–water partition coefficient (Wildman–Crippen LogP) is 3.04. The summed E-state index contributed by atoms with van der Waals surface area (Å²) in [5, 5.41) is 21.5. The van der Waals surface area contributed by atoms with Crippen LogP contribution in [0.1, 0.15) is 61.8 Å². The molecular formula is C24H30F3N9O2. The monoisotopic (exact) mass is 533 g/mol. The van der Waals surface area contributed by atoms with Crippen LogP contribution in [0, 0.1) is 17.8 Å². The number of aromatic nitrogens is 7. The van der Waals surface area contributed by atoms with E-state index in [1.807, 2.05) is 13.8 Å². The Bertz CT molecular complexity index is 1280. The van der Waals surface area contributed by atoms with Crippen molar-refractivity contribution in [2.45, 2.75) is 70.9 Å². The van der Waals surface area contributed by atoms with Gasteiger partial charge in [-0.15, -0.1) is 5.10 Å². The summed E-state index contributed by atoms with van der Waals surface area (Å²) >= 11 is 0. The van der Waals surface area contributed by atoms with Gasteiger partial charge in [0.2, 0.25) is 5.91 Å². The van der Waals surface area contributed by atoms with Crippen LogP contribution in [0.3, 0.4) is 0 Å². The lowest BCUT2D eigenvalue weighted by molar-refractivity contribution is -0.142. The SMILES string of the molecule is CC(C)n1nccc1C(=O)N[C@H](C(=O)Nc1cnn(Cc2cn(CC(F)(F)F)nn2)c1)C(C1CC1)C1CC1. The van der Waals surface area contributed by atoms with E-state index in [0.717, 1.165) is 30.4 Å². The highest BCUT2D eigenvalue weighted by Gasteiger charge is 2.48. The summed E-state index contributed by atoms with van der Waals surface area (Å²) in [7, 11) is 0. The summed E-state index contributed by atoms with van der Waals surface area (Å²) in [5.74, 6) is 0.174. The summed E-state index contributed by atoms with van der Waals surface area (Å²) in [6, 6.07) is 0.910. The Morgan fingerprint density at radius 2 is 1.79 bits per heavy atom. The van der Waals surface area contributed by atoms with Crippen molar-refractivity contribution in [3.05, 3.63) is 42.2 Å². The molecule has 2 N–H and O–H groups in total. The summed E-state index contributed by atoms with van der Waals surface area (Å²) in [6.07, 6.45) is 5.55. The van der Waals surface area contributed by atoms with Gasteiger partial charge in [-0.2, -0.15) is 23.4 Å². The van der Waals surface area contributed by atoms with Crippen LogP contribution < -0.4 is 10.6 Å². The zero-order valence-corrected chi connectivity index (χ0v) is 21.1. The highest BCUT2D eigenvalue weighted by atomic mass is 19.4. The number of nitrogens with zero attached hydrogens (tertiary/aromatic N) is 7. The third kappa shape index (κ3) is 6.22. The minimum absolute atomic E-state index is 0.0124. The van der Waals surface area contributed by atoms with E-state index < -0.39 is 18.8 Å². The highest BCUT2D eigenvalue weighted by molar-refractivity contribution is 6.00. The van der Waals surface area contributed by atoms with Gasteiger partial charge in [0.1, 0.15) is 24.0 Å². The minimum atomic E-state index is -4.40. The number of alkyl halides is 3. The number of anilines is 1. The van der Waals surface area contributed by atoms with Crippen molar-refractivity contribution in [2.75, 3.05) is 5.32 Å². The topological polar surface area (TPSA) is 125 Å². The second-order valence-electron chi connectivity index (χ2n) is 10.4. The average molecular weight is 534 g/mol. The number of carbonyl (C=O) groups is 2. The molecule has 38 heavy (non-hydrogen) atoms. The quantitative estimate of drug-likeness (QED) is 0.391. The van der Waals surface area contributed by atoms with Crippen molar-refractivity contribution < 1.29 is 22.8 Å². The number of nitrogens with one attached hydrogen (secondary N) is 2. The first kappa shape index (κ1) is 25.9. The number of hydrogen-bond acceptors (Lipinski definition) is 6. The molecule has 2 amide bonds. The third-order valence-electron chi connectivity index (χ3n) is 6.83. The number of amides is 2. The van der Waals surface area contributed by atoms with Crippen molar-refractivity contribution >= 4 is 17.5 Å². The number of hydrogen-bond donors (Lipinski definition) is 2. The fourth-order valence-corrected chi connectivity index (χ4v) is 4.92. The van der Waals surface area contributed by atoms with Gasteiger partial charge in [-0.1, -0.05) is 5.21 Å². The Balaban J connectivity index is 1.28. The van der Waals surface area contributed by atoms with E-state index in [2.05, 4.69) is 31.1 Å². The van der Waals surface area contributed by atoms with Crippen LogP contribution in [0.5, 0.6) is 0 Å². The highest BCUT2D eigenvalue weighted by Crippen LogP contribution is 2.51. The lowest BCUT2D eigenvalue weighted by atomic mass is 9.88. The van der Waals surface area contributed by atoms with Gasteiger partial charge in [0.15, 0.2) is 0 Å². The molecule has 5 rings (SSSR count). The molecular weight excluding hydrogens is 503 g/mol. The molecule has 3 aromatic heterocycles. The maximum atomic E-state index is 13.5. The van der Waals surface area contributed by atoms with Crippen LogP contribution in [0.15, 0.2) is 30.9 Å². The lowest BCUT2D eigenvalue weighted by Crippen LogP contribution is -2.50. The molecule has 0 unspecified atom stereocenters. The summed E-state index contributed by atoms with van der Waals surface area (Å²) < 4.78 is 41.5. The van der Waals surface area contributed by atoms with E-state index in [9.17, 15) is 22.8 Å². The third-order valence-corrected chi connectivity index (χ3v) is 6.83. The Labute approximate surface area is 216 Å². The van der Waals surface area contributed by atoms with Gasteiger partial charge < -0.3 is 10.6 Å². The Morgan fingerprint density at radius 3 is 2.42 bits per heavy atom. The Kier molecular flexibility index (Phi) is 6.97. The van der Waals surface area contributed by atoms with Gasteiger partial charge >= 0.3 is 6.18 Å². The first-order chi connectivity index (χ1) is 18.1. The van der Waals surface area contributed by atoms with E-state index in [1.165, 1.54) is 17.1 Å². The van der Waals surface area contributed by atoms with E-state index in [4.69, 9.17) is 0 Å². The van der Waals surface area contributed by atoms with Gasteiger partial charge in [0.25, 0.3) is 5.91 Å². The van der Waals surface area contributed by atoms with E-state index in [1.54, 1.807) is 23.1 Å². The minimum Gasteiger partial charge on any atom is -0.339 e. The molecule has 2 fully saturated rings. The van der Waals surface area contributed by atoms with Gasteiger partial charge in [0.05, 0.1) is 24.6 Å². The standard InChI is InChI=1S/C24H30F3N9O2/c1-14(2)36-19(7-8-28-36)22(37)31-21(20(15-3-4-15)16-5-6-16)23(38)30-17-9-29-34(10-17)11-18-12-35(33-32-18)13-24(25,26)27/h7-10,12,14-16,20-21H,3-6,11,13H2,1-2H3,(H,30,38)(H,31,37)/t21-/m0/s1. The molecule has 2 aliphatic rings. The van der Waals surface area contributed by atoms with Crippen LogP contribution in [-0.2, 0) is 17.9 Å². The van der Waals surface area contributed by atoms with E-state index in [0.29, 0.717) is 28.9 Å². The van der Waals surface area contributed by atoms with Crippen molar-refractivity contribution in [3.63, 3.8) is 0 Å². The largest absolute Gasteiger partial charge is 0.408 e. The first-order valence-corrected chi connectivity index (χ1v) is 12.7. The molecule has 11 nitrogen and oxygen atoms in total. The molecule has 204 valence electrons. The fraction of sp³-hybridized carbons (Fsp3) is 0.583. The summed E-state index contributed by atoms with van der Waals surface area (Å²) in [4.78, 5) is 26.8. The number of halogens is 3. The predicted molar refractivity (Wildman–Crippen MR) is 129 cm³/mol.